The summed E-state index contributed by atoms with van der Waals surface area (Å²) in [5, 5.41) is 5.66. The standard InChI is InChI=1S/C20H17N3O3/c24-18(11-12-19-23-16-7-3-4-8-17(16)26-19)22-15-6-2-1-5-14(15)20(25)21-13-9-10-13/h1-8,11-13H,9-10H2,(H,21,25)(H,22,24). The number of benzene rings is 2. The Balaban J connectivity index is 1.46. The second-order valence-corrected chi connectivity index (χ2v) is 6.14. The third-order valence-corrected chi connectivity index (χ3v) is 4.03. The lowest BCUT2D eigenvalue weighted by Gasteiger charge is -2.09. The van der Waals surface area contributed by atoms with Crippen LogP contribution in [0.15, 0.2) is 59.0 Å². The number of hydrogen-bond donors (Lipinski definition) is 2. The molecule has 1 saturated carbocycles. The molecule has 6 nitrogen and oxygen atoms in total. The van der Waals surface area contributed by atoms with Crippen molar-refractivity contribution < 1.29 is 14.0 Å². The zero-order valence-electron chi connectivity index (χ0n) is 13.9. The maximum atomic E-state index is 12.3. The molecule has 2 N–H and O–H groups in total. The number of nitrogens with zero attached hydrogens (tertiary/aromatic N) is 1. The predicted octanol–water partition coefficient (Wildman–Crippen LogP) is 3.37. The Labute approximate surface area is 149 Å². The Morgan fingerprint density at radius 1 is 1.08 bits per heavy atom. The average Bonchev–Trinajstić information content (AvgIpc) is 3.35. The first-order valence-corrected chi connectivity index (χ1v) is 8.43. The van der Waals surface area contributed by atoms with Gasteiger partial charge in [-0.1, -0.05) is 24.3 Å². The second-order valence-electron chi connectivity index (χ2n) is 6.14. The van der Waals surface area contributed by atoms with Gasteiger partial charge in [0.1, 0.15) is 5.52 Å². The van der Waals surface area contributed by atoms with Crippen LogP contribution in [0.3, 0.4) is 0 Å². The molecular formula is C20H17N3O3. The van der Waals surface area contributed by atoms with Crippen molar-refractivity contribution in [1.82, 2.24) is 10.3 Å². The van der Waals surface area contributed by atoms with Gasteiger partial charge in [0.15, 0.2) is 5.58 Å². The molecule has 4 rings (SSSR count). The Hall–Kier alpha value is -3.41. The van der Waals surface area contributed by atoms with E-state index < -0.39 is 0 Å². The summed E-state index contributed by atoms with van der Waals surface area (Å²) in [6.07, 6.45) is 4.85. The fourth-order valence-electron chi connectivity index (χ4n) is 2.56. The van der Waals surface area contributed by atoms with Gasteiger partial charge < -0.3 is 15.1 Å². The highest BCUT2D eigenvalue weighted by Gasteiger charge is 2.24. The highest BCUT2D eigenvalue weighted by atomic mass is 16.3. The van der Waals surface area contributed by atoms with Crippen LogP contribution >= 0.6 is 0 Å². The first kappa shape index (κ1) is 16.1. The van der Waals surface area contributed by atoms with Crippen LogP contribution in [0.1, 0.15) is 29.1 Å². The highest BCUT2D eigenvalue weighted by molar-refractivity contribution is 6.07. The van der Waals surface area contributed by atoms with Crippen molar-refractivity contribution in [3.8, 4) is 0 Å². The summed E-state index contributed by atoms with van der Waals surface area (Å²) >= 11 is 0. The normalized spacial score (nSPS) is 13.8. The third kappa shape index (κ3) is 3.64. The van der Waals surface area contributed by atoms with Crippen LogP contribution in [-0.4, -0.2) is 22.8 Å². The molecule has 6 heteroatoms. The van der Waals surface area contributed by atoms with Crippen molar-refractivity contribution in [3.63, 3.8) is 0 Å². The Kier molecular flexibility index (Phi) is 4.23. The number of anilines is 1. The van der Waals surface area contributed by atoms with Crippen LogP contribution in [-0.2, 0) is 4.79 Å². The lowest BCUT2D eigenvalue weighted by molar-refractivity contribution is -0.111. The number of hydrogen-bond acceptors (Lipinski definition) is 4. The van der Waals surface area contributed by atoms with Crippen molar-refractivity contribution in [3.05, 3.63) is 66.1 Å². The number of carbonyl (C=O) groups is 2. The molecule has 0 spiro atoms. The van der Waals surface area contributed by atoms with Gasteiger partial charge in [-0.3, -0.25) is 9.59 Å². The molecule has 1 aliphatic rings. The molecule has 0 radical (unpaired) electrons. The van der Waals surface area contributed by atoms with Gasteiger partial charge in [0.2, 0.25) is 11.8 Å². The SMILES string of the molecule is O=C(C=Cc1nc2ccccc2o1)Nc1ccccc1C(=O)NC1CC1. The van der Waals surface area contributed by atoms with Crippen LogP contribution in [0.25, 0.3) is 17.2 Å². The molecule has 0 aliphatic heterocycles. The molecule has 0 unspecified atom stereocenters. The first-order valence-electron chi connectivity index (χ1n) is 8.43. The van der Waals surface area contributed by atoms with Gasteiger partial charge in [-0.2, -0.15) is 0 Å². The van der Waals surface area contributed by atoms with E-state index in [1.54, 1.807) is 24.3 Å². The molecule has 0 saturated heterocycles. The van der Waals surface area contributed by atoms with E-state index in [0.29, 0.717) is 22.7 Å². The number of carbonyl (C=O) groups excluding carboxylic acids is 2. The minimum atomic E-state index is -0.362. The van der Waals surface area contributed by atoms with E-state index in [1.807, 2.05) is 24.3 Å². The lowest BCUT2D eigenvalue weighted by Crippen LogP contribution is -2.26. The summed E-state index contributed by atoms with van der Waals surface area (Å²) < 4.78 is 5.54. The van der Waals surface area contributed by atoms with Crippen molar-refractivity contribution >= 4 is 34.7 Å². The number of amides is 2. The smallest absolute Gasteiger partial charge is 0.253 e. The summed E-state index contributed by atoms with van der Waals surface area (Å²) in [7, 11) is 0. The van der Waals surface area contributed by atoms with Gasteiger partial charge >= 0.3 is 0 Å². The van der Waals surface area contributed by atoms with Crippen LogP contribution < -0.4 is 10.6 Å². The van der Waals surface area contributed by atoms with Gasteiger partial charge in [0, 0.05) is 18.2 Å². The summed E-state index contributed by atoms with van der Waals surface area (Å²) in [6, 6.07) is 14.6. The molecular weight excluding hydrogens is 330 g/mol. The number of fused-ring (bicyclic) bond motifs is 1. The molecule has 2 amide bonds. The van der Waals surface area contributed by atoms with E-state index in [9.17, 15) is 9.59 Å². The molecule has 26 heavy (non-hydrogen) atoms. The van der Waals surface area contributed by atoms with Crippen LogP contribution in [0.2, 0.25) is 0 Å². The summed E-state index contributed by atoms with van der Waals surface area (Å²) in [6.45, 7) is 0. The van der Waals surface area contributed by atoms with E-state index in [2.05, 4.69) is 15.6 Å². The van der Waals surface area contributed by atoms with Gasteiger partial charge in [-0.05, 0) is 37.1 Å². The number of aromatic nitrogens is 1. The van der Waals surface area contributed by atoms with Crippen LogP contribution in [0.5, 0.6) is 0 Å². The zero-order valence-corrected chi connectivity index (χ0v) is 13.9. The fraction of sp³-hybridized carbons (Fsp3) is 0.150. The van der Waals surface area contributed by atoms with Crippen molar-refractivity contribution in [2.24, 2.45) is 0 Å². The molecule has 0 atom stereocenters. The minimum Gasteiger partial charge on any atom is -0.437 e. The molecule has 1 aromatic heterocycles. The quantitative estimate of drug-likeness (QED) is 0.693. The molecule has 1 fully saturated rings. The monoisotopic (exact) mass is 347 g/mol. The van der Waals surface area contributed by atoms with E-state index in [1.165, 1.54) is 12.2 Å². The van der Waals surface area contributed by atoms with E-state index in [0.717, 1.165) is 18.4 Å². The maximum absolute atomic E-state index is 12.3. The van der Waals surface area contributed by atoms with Crippen molar-refractivity contribution in [2.75, 3.05) is 5.32 Å². The molecule has 130 valence electrons. The van der Waals surface area contributed by atoms with E-state index >= 15 is 0 Å². The van der Waals surface area contributed by atoms with Gasteiger partial charge in [0.25, 0.3) is 5.91 Å². The van der Waals surface area contributed by atoms with Gasteiger partial charge in [0.05, 0.1) is 11.3 Å². The number of para-hydroxylation sites is 3. The predicted molar refractivity (Wildman–Crippen MR) is 98.6 cm³/mol. The average molecular weight is 347 g/mol. The van der Waals surface area contributed by atoms with Crippen LogP contribution in [0, 0.1) is 0 Å². The Morgan fingerprint density at radius 2 is 1.85 bits per heavy atom. The lowest BCUT2D eigenvalue weighted by atomic mass is 10.1. The Bertz CT molecular complexity index is 969. The maximum Gasteiger partial charge on any atom is 0.253 e. The molecule has 1 aliphatic carbocycles. The van der Waals surface area contributed by atoms with Crippen LogP contribution in [0.4, 0.5) is 5.69 Å². The zero-order chi connectivity index (χ0) is 17.9. The number of oxazole rings is 1. The van der Waals surface area contributed by atoms with Gasteiger partial charge in [-0.25, -0.2) is 4.98 Å². The third-order valence-electron chi connectivity index (χ3n) is 4.03. The molecule has 1 heterocycles. The molecule has 3 aromatic rings. The summed E-state index contributed by atoms with van der Waals surface area (Å²) in [5.74, 6) is -0.189. The number of rotatable bonds is 5. The second kappa shape index (κ2) is 6.84. The van der Waals surface area contributed by atoms with Crippen molar-refractivity contribution in [2.45, 2.75) is 18.9 Å². The summed E-state index contributed by atoms with van der Waals surface area (Å²) in [5.41, 5.74) is 2.31. The van der Waals surface area contributed by atoms with Crippen molar-refractivity contribution in [1.29, 1.82) is 0 Å². The minimum absolute atomic E-state index is 0.175. The topological polar surface area (TPSA) is 84.2 Å². The first-order chi connectivity index (χ1) is 12.7. The largest absolute Gasteiger partial charge is 0.437 e. The van der Waals surface area contributed by atoms with E-state index in [-0.39, 0.29) is 17.9 Å². The Morgan fingerprint density at radius 3 is 2.65 bits per heavy atom. The fourth-order valence-corrected chi connectivity index (χ4v) is 2.56. The molecule has 2 aromatic carbocycles. The highest BCUT2D eigenvalue weighted by Crippen LogP contribution is 2.21. The van der Waals surface area contributed by atoms with E-state index in [4.69, 9.17) is 4.42 Å². The molecule has 0 bridgehead atoms. The summed E-state index contributed by atoms with van der Waals surface area (Å²) in [4.78, 5) is 28.8. The van der Waals surface area contributed by atoms with Gasteiger partial charge in [-0.15, -0.1) is 0 Å². The number of nitrogens with one attached hydrogen (secondary N) is 2.